The van der Waals surface area contributed by atoms with Crippen molar-refractivity contribution in [1.82, 2.24) is 9.13 Å². The lowest BCUT2D eigenvalue weighted by atomic mass is 9.95. The minimum absolute atomic E-state index is 0.234. The van der Waals surface area contributed by atoms with E-state index in [1.165, 1.54) is 11.3 Å². The average molecular weight is 650 g/mol. The van der Waals surface area contributed by atoms with E-state index in [2.05, 4.69) is 16.0 Å². The van der Waals surface area contributed by atoms with Gasteiger partial charge in [0.15, 0.2) is 4.80 Å². The van der Waals surface area contributed by atoms with Crippen LogP contribution in [0.4, 0.5) is 5.69 Å². The van der Waals surface area contributed by atoms with Gasteiger partial charge in [-0.15, -0.1) is 0 Å². The summed E-state index contributed by atoms with van der Waals surface area (Å²) in [5.74, 6) is 0.384. The zero-order valence-electron chi connectivity index (χ0n) is 26.4. The Balaban J connectivity index is 1.35. The quantitative estimate of drug-likeness (QED) is 0.214. The number of nitriles is 1. The second kappa shape index (κ2) is 13.0. The van der Waals surface area contributed by atoms with Crippen molar-refractivity contribution < 1.29 is 9.53 Å². The normalized spacial score (nSPS) is 14.4. The van der Waals surface area contributed by atoms with E-state index in [-0.39, 0.29) is 11.5 Å². The lowest BCUT2D eigenvalue weighted by Crippen LogP contribution is -2.40. The number of fused-ring (bicyclic) bond motifs is 2. The number of ether oxygens (including phenoxy) is 1. The number of carbonyl (C=O) groups excluding carboxylic acids is 1. The number of benzene rings is 4. The van der Waals surface area contributed by atoms with E-state index < -0.39 is 6.04 Å². The minimum atomic E-state index is -0.702. The number of anilines is 1. The molecule has 0 aliphatic carbocycles. The van der Waals surface area contributed by atoms with Gasteiger partial charge >= 0.3 is 0 Å². The highest BCUT2D eigenvalue weighted by atomic mass is 32.1. The Kier molecular flexibility index (Phi) is 8.32. The van der Waals surface area contributed by atoms with Gasteiger partial charge in [-0.05, 0) is 67.4 Å². The molecule has 8 nitrogen and oxygen atoms in total. The molecule has 0 unspecified atom stereocenters. The molecule has 1 aliphatic rings. The summed E-state index contributed by atoms with van der Waals surface area (Å²) in [5.41, 5.74) is 5.54. The molecule has 1 atom stereocenters. The molecule has 0 fully saturated rings. The third-order valence-electron chi connectivity index (χ3n) is 8.39. The largest absolute Gasteiger partial charge is 0.494 e. The van der Waals surface area contributed by atoms with Gasteiger partial charge in [0.2, 0.25) is 0 Å². The molecule has 236 valence electrons. The van der Waals surface area contributed by atoms with Crippen LogP contribution in [-0.4, -0.2) is 21.6 Å². The zero-order chi connectivity index (χ0) is 33.2. The first kappa shape index (κ1) is 30.7. The first-order valence-electron chi connectivity index (χ1n) is 15.6. The highest BCUT2D eigenvalue weighted by molar-refractivity contribution is 7.07. The molecule has 4 aromatic carbocycles. The molecule has 1 N–H and O–H groups in total. The third kappa shape index (κ3) is 5.74. The molecule has 48 heavy (non-hydrogen) atoms. The molecular formula is C39H31N5O3S. The highest BCUT2D eigenvalue weighted by Crippen LogP contribution is 2.32. The van der Waals surface area contributed by atoms with Crippen LogP contribution in [0.15, 0.2) is 130 Å². The molecule has 9 heteroatoms. The molecule has 7 rings (SSSR count). The predicted molar refractivity (Wildman–Crippen MR) is 189 cm³/mol. The highest BCUT2D eigenvalue weighted by Gasteiger charge is 2.32. The lowest BCUT2D eigenvalue weighted by Gasteiger charge is -2.25. The Bertz CT molecular complexity index is 2430. The number of hydrogen-bond donors (Lipinski definition) is 1. The number of carbonyl (C=O) groups is 1. The molecule has 1 aliphatic heterocycles. The van der Waals surface area contributed by atoms with Crippen molar-refractivity contribution >= 4 is 39.9 Å². The number of aromatic nitrogens is 2. The average Bonchev–Trinajstić information content (AvgIpc) is 3.61. The van der Waals surface area contributed by atoms with Crippen molar-refractivity contribution in [2.45, 2.75) is 26.4 Å². The molecule has 6 aromatic rings. The fraction of sp³-hybridized carbons (Fsp3) is 0.128. The van der Waals surface area contributed by atoms with E-state index in [0.29, 0.717) is 50.8 Å². The smallest absolute Gasteiger partial charge is 0.271 e. The van der Waals surface area contributed by atoms with Gasteiger partial charge in [-0.1, -0.05) is 78.1 Å². The number of nitrogens with zero attached hydrogens (tertiary/aromatic N) is 4. The second-order valence-corrected chi connectivity index (χ2v) is 12.4. The maximum Gasteiger partial charge on any atom is 0.271 e. The monoisotopic (exact) mass is 649 g/mol. The van der Waals surface area contributed by atoms with Gasteiger partial charge in [0.1, 0.15) is 5.75 Å². The van der Waals surface area contributed by atoms with Crippen molar-refractivity contribution in [2.24, 2.45) is 4.99 Å². The van der Waals surface area contributed by atoms with Gasteiger partial charge in [-0.3, -0.25) is 14.2 Å². The molecule has 0 saturated carbocycles. The van der Waals surface area contributed by atoms with E-state index >= 15 is 0 Å². The molecule has 0 spiro atoms. The first-order valence-corrected chi connectivity index (χ1v) is 16.4. The molecular weight excluding hydrogens is 619 g/mol. The molecule has 0 saturated heterocycles. The summed E-state index contributed by atoms with van der Waals surface area (Å²) in [6.07, 6.45) is 3.92. The number of nitrogens with one attached hydrogen (secondary N) is 1. The molecule has 2 aromatic heterocycles. The van der Waals surface area contributed by atoms with Crippen LogP contribution in [0.5, 0.6) is 5.75 Å². The summed E-state index contributed by atoms with van der Waals surface area (Å²) in [6.45, 7) is 4.77. The van der Waals surface area contributed by atoms with Crippen LogP contribution in [-0.2, 0) is 11.3 Å². The minimum Gasteiger partial charge on any atom is -0.494 e. The Morgan fingerprint density at radius 2 is 1.73 bits per heavy atom. The summed E-state index contributed by atoms with van der Waals surface area (Å²) in [5, 5.41) is 13.6. The van der Waals surface area contributed by atoms with Crippen LogP contribution < -0.4 is 24.9 Å². The van der Waals surface area contributed by atoms with E-state index in [1.54, 1.807) is 4.57 Å². The topological polar surface area (TPSA) is 101 Å². The number of allylic oxidation sites excluding steroid dienone is 1. The van der Waals surface area contributed by atoms with Gasteiger partial charge in [-0.25, -0.2) is 4.99 Å². The van der Waals surface area contributed by atoms with Crippen LogP contribution in [0, 0.1) is 11.3 Å². The predicted octanol–water partition coefficient (Wildman–Crippen LogP) is 6.15. The number of para-hydroxylation sites is 2. The van der Waals surface area contributed by atoms with E-state index in [9.17, 15) is 14.9 Å². The summed E-state index contributed by atoms with van der Waals surface area (Å²) < 4.78 is 9.91. The third-order valence-corrected chi connectivity index (χ3v) is 9.37. The fourth-order valence-corrected chi connectivity index (χ4v) is 7.21. The standard InChI is InChI=1S/C39H31N5O3S/c1-3-47-31-19-17-26(18-20-31)36-35(37(45)42-30-13-5-4-6-14-30)25(2)41-39-44(36)38(46)34(48-39)21-29-24-43(33-16-10-9-15-32(29)33)23-28-12-8-7-11-27(28)22-40/h4-21,24,36H,3,23H2,1-2H3,(H,42,45)/b34-21+/t36-/m0/s1. The van der Waals surface area contributed by atoms with Gasteiger partial charge < -0.3 is 14.6 Å². The molecule has 0 bridgehead atoms. The Morgan fingerprint density at radius 1 is 1.00 bits per heavy atom. The van der Waals surface area contributed by atoms with Crippen molar-refractivity contribution in [3.8, 4) is 11.8 Å². The summed E-state index contributed by atoms with van der Waals surface area (Å²) in [6, 6.07) is 33.9. The van der Waals surface area contributed by atoms with Gasteiger partial charge in [0, 0.05) is 34.9 Å². The summed E-state index contributed by atoms with van der Waals surface area (Å²) in [7, 11) is 0. The van der Waals surface area contributed by atoms with Crippen LogP contribution in [0.3, 0.4) is 0 Å². The maximum atomic E-state index is 14.4. The van der Waals surface area contributed by atoms with Crippen LogP contribution in [0.2, 0.25) is 0 Å². The van der Waals surface area contributed by atoms with Crippen molar-refractivity contribution in [2.75, 3.05) is 11.9 Å². The van der Waals surface area contributed by atoms with Gasteiger partial charge in [-0.2, -0.15) is 5.26 Å². The number of thiazole rings is 1. The maximum absolute atomic E-state index is 14.4. The van der Waals surface area contributed by atoms with Crippen molar-refractivity contribution in [1.29, 1.82) is 5.26 Å². The van der Waals surface area contributed by atoms with Gasteiger partial charge in [0.25, 0.3) is 11.5 Å². The number of hydrogen-bond acceptors (Lipinski definition) is 6. The summed E-state index contributed by atoms with van der Waals surface area (Å²) in [4.78, 5) is 33.6. The molecule has 1 amide bonds. The Morgan fingerprint density at radius 3 is 2.50 bits per heavy atom. The number of rotatable bonds is 8. The first-order chi connectivity index (χ1) is 23.4. The van der Waals surface area contributed by atoms with Crippen LogP contribution >= 0.6 is 11.3 Å². The molecule has 0 radical (unpaired) electrons. The summed E-state index contributed by atoms with van der Waals surface area (Å²) >= 11 is 1.30. The van der Waals surface area contributed by atoms with E-state index in [1.807, 2.05) is 129 Å². The van der Waals surface area contributed by atoms with Crippen LogP contribution in [0.25, 0.3) is 17.0 Å². The Labute approximate surface area is 280 Å². The van der Waals surface area contributed by atoms with Crippen LogP contribution in [0.1, 0.15) is 42.1 Å². The SMILES string of the molecule is CCOc1ccc([C@H]2C(C(=O)Nc3ccccc3)=C(C)N=c3s/c(=C/c4cn(Cc5ccccc5C#N)c5ccccc45)c(=O)n32)cc1. The van der Waals surface area contributed by atoms with Gasteiger partial charge in [0.05, 0.1) is 40.1 Å². The van der Waals surface area contributed by atoms with Crippen molar-refractivity contribution in [3.63, 3.8) is 0 Å². The van der Waals surface area contributed by atoms with E-state index in [4.69, 9.17) is 9.73 Å². The zero-order valence-corrected chi connectivity index (χ0v) is 27.2. The fourth-order valence-electron chi connectivity index (χ4n) is 6.17. The second-order valence-electron chi connectivity index (χ2n) is 11.4. The molecule has 3 heterocycles. The van der Waals surface area contributed by atoms with E-state index in [0.717, 1.165) is 27.6 Å². The Hall–Kier alpha value is -5.98. The number of amides is 1. The van der Waals surface area contributed by atoms with Crippen molar-refractivity contribution in [3.05, 3.63) is 163 Å². The lowest BCUT2D eigenvalue weighted by molar-refractivity contribution is -0.113.